The van der Waals surface area contributed by atoms with Crippen LogP contribution >= 0.6 is 0 Å². The standard InChI is InChI=1S/C12H24/c1-5-6-10(2)11(3)9-12(4)7-8-12/h10-11H,5-9H2,1-4H3. The minimum atomic E-state index is 0.751. The van der Waals surface area contributed by atoms with Crippen LogP contribution in [0.3, 0.4) is 0 Å². The number of hydrogen-bond acceptors (Lipinski definition) is 0. The van der Waals surface area contributed by atoms with Crippen LogP contribution < -0.4 is 0 Å². The van der Waals surface area contributed by atoms with E-state index in [2.05, 4.69) is 27.7 Å². The second-order valence-electron chi connectivity index (χ2n) is 5.26. The van der Waals surface area contributed by atoms with Crippen LogP contribution in [0.25, 0.3) is 0 Å². The zero-order valence-corrected chi connectivity index (χ0v) is 9.19. The van der Waals surface area contributed by atoms with Gasteiger partial charge in [0.15, 0.2) is 0 Å². The molecule has 2 unspecified atom stereocenters. The third-order valence-corrected chi connectivity index (χ3v) is 3.63. The van der Waals surface area contributed by atoms with Gasteiger partial charge in [-0.3, -0.25) is 0 Å². The molecule has 2 atom stereocenters. The molecule has 0 spiro atoms. The van der Waals surface area contributed by atoms with E-state index < -0.39 is 0 Å². The molecule has 1 aliphatic carbocycles. The summed E-state index contributed by atoms with van der Waals surface area (Å²) in [5, 5.41) is 0. The average molecular weight is 168 g/mol. The van der Waals surface area contributed by atoms with Gasteiger partial charge in [-0.2, -0.15) is 0 Å². The van der Waals surface area contributed by atoms with E-state index in [0.29, 0.717) is 0 Å². The summed E-state index contributed by atoms with van der Waals surface area (Å²) in [5.41, 5.74) is 0.751. The Hall–Kier alpha value is 0. The van der Waals surface area contributed by atoms with Crippen molar-refractivity contribution in [2.24, 2.45) is 17.3 Å². The molecule has 1 saturated carbocycles. The van der Waals surface area contributed by atoms with E-state index in [0.717, 1.165) is 17.3 Å². The van der Waals surface area contributed by atoms with Crippen molar-refractivity contribution in [1.29, 1.82) is 0 Å². The van der Waals surface area contributed by atoms with Crippen molar-refractivity contribution >= 4 is 0 Å². The quantitative estimate of drug-likeness (QED) is 0.575. The predicted molar refractivity (Wildman–Crippen MR) is 55.2 cm³/mol. The lowest BCUT2D eigenvalue weighted by atomic mass is 9.84. The Balaban J connectivity index is 2.22. The molecule has 0 aromatic rings. The molecule has 0 heteroatoms. The maximum atomic E-state index is 2.45. The van der Waals surface area contributed by atoms with Crippen molar-refractivity contribution in [3.8, 4) is 0 Å². The van der Waals surface area contributed by atoms with Gasteiger partial charge in [0, 0.05) is 0 Å². The van der Waals surface area contributed by atoms with Gasteiger partial charge in [0.05, 0.1) is 0 Å². The molecule has 1 rings (SSSR count). The van der Waals surface area contributed by atoms with Crippen molar-refractivity contribution in [3.05, 3.63) is 0 Å². The highest BCUT2D eigenvalue weighted by Crippen LogP contribution is 2.51. The number of hydrogen-bond donors (Lipinski definition) is 0. The van der Waals surface area contributed by atoms with E-state index in [9.17, 15) is 0 Å². The van der Waals surface area contributed by atoms with Gasteiger partial charge in [-0.25, -0.2) is 0 Å². The third-order valence-electron chi connectivity index (χ3n) is 3.63. The summed E-state index contributed by atoms with van der Waals surface area (Å²) in [6.07, 6.45) is 7.19. The van der Waals surface area contributed by atoms with E-state index in [1.165, 1.54) is 32.1 Å². The van der Waals surface area contributed by atoms with Crippen LogP contribution in [0, 0.1) is 17.3 Å². The zero-order chi connectivity index (χ0) is 9.19. The van der Waals surface area contributed by atoms with Gasteiger partial charge >= 0.3 is 0 Å². The second kappa shape index (κ2) is 3.81. The van der Waals surface area contributed by atoms with Crippen molar-refractivity contribution in [2.45, 2.75) is 59.8 Å². The van der Waals surface area contributed by atoms with Crippen molar-refractivity contribution < 1.29 is 0 Å². The average Bonchev–Trinajstić information content (AvgIpc) is 2.68. The molecule has 1 aliphatic rings. The van der Waals surface area contributed by atoms with Gasteiger partial charge in [0.25, 0.3) is 0 Å². The molecule has 1 fully saturated rings. The Morgan fingerprint density at radius 3 is 2.17 bits per heavy atom. The lowest BCUT2D eigenvalue weighted by molar-refractivity contribution is 0.287. The topological polar surface area (TPSA) is 0 Å². The molecule has 0 nitrogen and oxygen atoms in total. The van der Waals surface area contributed by atoms with E-state index >= 15 is 0 Å². The minimum absolute atomic E-state index is 0.751. The SMILES string of the molecule is CCCC(C)C(C)CC1(C)CC1. The Morgan fingerprint density at radius 1 is 1.17 bits per heavy atom. The molecule has 72 valence electrons. The first-order valence-electron chi connectivity index (χ1n) is 5.57. The lowest BCUT2D eigenvalue weighted by Gasteiger charge is -2.22. The van der Waals surface area contributed by atoms with Crippen molar-refractivity contribution in [1.82, 2.24) is 0 Å². The minimum Gasteiger partial charge on any atom is -0.0654 e. The van der Waals surface area contributed by atoms with E-state index in [1.807, 2.05) is 0 Å². The predicted octanol–water partition coefficient (Wildman–Crippen LogP) is 4.25. The summed E-state index contributed by atoms with van der Waals surface area (Å²) in [6, 6.07) is 0. The fraction of sp³-hybridized carbons (Fsp3) is 1.00. The Labute approximate surface area is 77.7 Å². The summed E-state index contributed by atoms with van der Waals surface area (Å²) in [6.45, 7) is 9.59. The molecule has 0 heterocycles. The van der Waals surface area contributed by atoms with E-state index in [1.54, 1.807) is 0 Å². The fourth-order valence-corrected chi connectivity index (χ4v) is 2.14. The molecular formula is C12H24. The van der Waals surface area contributed by atoms with Crippen LogP contribution in [0.4, 0.5) is 0 Å². The molecule has 0 amide bonds. The van der Waals surface area contributed by atoms with Gasteiger partial charge in [0.1, 0.15) is 0 Å². The molecule has 0 radical (unpaired) electrons. The maximum Gasteiger partial charge on any atom is -0.0323 e. The zero-order valence-electron chi connectivity index (χ0n) is 9.19. The Bertz CT molecular complexity index is 133. The summed E-state index contributed by atoms with van der Waals surface area (Å²) in [5.74, 6) is 1.88. The molecule has 0 aromatic carbocycles. The Morgan fingerprint density at radius 2 is 1.75 bits per heavy atom. The first-order chi connectivity index (χ1) is 5.57. The highest BCUT2D eigenvalue weighted by atomic mass is 14.4. The second-order valence-corrected chi connectivity index (χ2v) is 5.26. The van der Waals surface area contributed by atoms with Gasteiger partial charge in [0.2, 0.25) is 0 Å². The highest BCUT2D eigenvalue weighted by molar-refractivity contribution is 4.90. The van der Waals surface area contributed by atoms with Crippen LogP contribution in [0.15, 0.2) is 0 Å². The molecule has 0 saturated heterocycles. The van der Waals surface area contributed by atoms with Crippen molar-refractivity contribution in [3.63, 3.8) is 0 Å². The first-order valence-corrected chi connectivity index (χ1v) is 5.57. The van der Waals surface area contributed by atoms with Gasteiger partial charge in [-0.15, -0.1) is 0 Å². The highest BCUT2D eigenvalue weighted by Gasteiger charge is 2.38. The summed E-state index contributed by atoms with van der Waals surface area (Å²) in [7, 11) is 0. The molecule has 12 heavy (non-hydrogen) atoms. The van der Waals surface area contributed by atoms with Crippen LogP contribution in [-0.2, 0) is 0 Å². The largest absolute Gasteiger partial charge is 0.0654 e. The summed E-state index contributed by atoms with van der Waals surface area (Å²) in [4.78, 5) is 0. The molecular weight excluding hydrogens is 144 g/mol. The van der Waals surface area contributed by atoms with Crippen LogP contribution in [0.5, 0.6) is 0 Å². The van der Waals surface area contributed by atoms with Gasteiger partial charge in [-0.05, 0) is 36.5 Å². The monoisotopic (exact) mass is 168 g/mol. The lowest BCUT2D eigenvalue weighted by Crippen LogP contribution is -2.12. The smallest absolute Gasteiger partial charge is 0.0323 e. The molecule has 0 bridgehead atoms. The number of rotatable bonds is 5. The van der Waals surface area contributed by atoms with Gasteiger partial charge in [-0.1, -0.05) is 40.5 Å². The normalized spacial score (nSPS) is 25.0. The van der Waals surface area contributed by atoms with Crippen LogP contribution in [0.1, 0.15) is 59.8 Å². The summed E-state index contributed by atoms with van der Waals surface area (Å²) < 4.78 is 0. The van der Waals surface area contributed by atoms with Crippen LogP contribution in [-0.4, -0.2) is 0 Å². The molecule has 0 N–H and O–H groups in total. The first kappa shape index (κ1) is 10.1. The molecule has 0 aliphatic heterocycles. The van der Waals surface area contributed by atoms with Gasteiger partial charge < -0.3 is 0 Å². The maximum absolute atomic E-state index is 2.45. The summed E-state index contributed by atoms with van der Waals surface area (Å²) >= 11 is 0. The third kappa shape index (κ3) is 2.80. The fourth-order valence-electron chi connectivity index (χ4n) is 2.14. The van der Waals surface area contributed by atoms with E-state index in [4.69, 9.17) is 0 Å². The van der Waals surface area contributed by atoms with Crippen molar-refractivity contribution in [2.75, 3.05) is 0 Å². The molecule has 0 aromatic heterocycles. The van der Waals surface area contributed by atoms with Crippen LogP contribution in [0.2, 0.25) is 0 Å². The van der Waals surface area contributed by atoms with E-state index in [-0.39, 0.29) is 0 Å². The Kier molecular flexibility index (Phi) is 3.20.